The monoisotopic (exact) mass is 299 g/mol. The number of hydrogen-bond acceptors (Lipinski definition) is 4. The molecule has 110 valence electrons. The summed E-state index contributed by atoms with van der Waals surface area (Å²) in [5.74, 6) is 1.95. The van der Waals surface area contributed by atoms with Gasteiger partial charge in [-0.3, -0.25) is 5.10 Å². The Morgan fingerprint density at radius 2 is 1.30 bits per heavy atom. The maximum absolute atomic E-state index is 4.58. The Morgan fingerprint density at radius 1 is 0.652 bits per heavy atom. The van der Waals surface area contributed by atoms with Crippen molar-refractivity contribution in [3.8, 4) is 34.3 Å². The van der Waals surface area contributed by atoms with Crippen LogP contribution in [0.5, 0.6) is 0 Å². The van der Waals surface area contributed by atoms with Gasteiger partial charge in [0.1, 0.15) is 5.69 Å². The second-order valence-electron chi connectivity index (χ2n) is 5.01. The Balaban J connectivity index is 1.71. The molecule has 4 rings (SSSR count). The van der Waals surface area contributed by atoms with Crippen LogP contribution < -0.4 is 0 Å². The van der Waals surface area contributed by atoms with Crippen LogP contribution >= 0.6 is 0 Å². The van der Waals surface area contributed by atoms with E-state index >= 15 is 0 Å². The Morgan fingerprint density at radius 3 is 2.00 bits per heavy atom. The second kappa shape index (κ2) is 5.81. The van der Waals surface area contributed by atoms with E-state index in [1.54, 1.807) is 6.20 Å². The van der Waals surface area contributed by atoms with E-state index < -0.39 is 0 Å². The van der Waals surface area contributed by atoms with Gasteiger partial charge in [0.15, 0.2) is 17.5 Å². The normalized spacial score (nSPS) is 10.6. The lowest BCUT2D eigenvalue weighted by Crippen LogP contribution is -1.92. The average molecular weight is 299 g/mol. The molecular weight excluding hydrogens is 286 g/mol. The molecule has 5 heteroatoms. The lowest BCUT2D eigenvalue weighted by molar-refractivity contribution is 1.08. The van der Waals surface area contributed by atoms with Crippen LogP contribution in [0.1, 0.15) is 0 Å². The van der Waals surface area contributed by atoms with Crippen molar-refractivity contribution in [1.82, 2.24) is 25.1 Å². The molecule has 0 bridgehead atoms. The molecule has 2 heterocycles. The van der Waals surface area contributed by atoms with E-state index in [1.165, 1.54) is 0 Å². The molecule has 0 unspecified atom stereocenters. The molecule has 23 heavy (non-hydrogen) atoms. The first-order valence-electron chi connectivity index (χ1n) is 7.27. The van der Waals surface area contributed by atoms with E-state index in [9.17, 15) is 0 Å². The summed E-state index contributed by atoms with van der Waals surface area (Å²) in [4.78, 5) is 13.4. The van der Waals surface area contributed by atoms with Crippen molar-refractivity contribution < 1.29 is 0 Å². The third-order valence-corrected chi connectivity index (χ3v) is 3.45. The molecule has 4 aromatic rings. The van der Waals surface area contributed by atoms with E-state index in [-0.39, 0.29) is 0 Å². The zero-order valence-electron chi connectivity index (χ0n) is 12.2. The third kappa shape index (κ3) is 2.72. The fourth-order valence-corrected chi connectivity index (χ4v) is 2.31. The molecular formula is C18H13N5. The van der Waals surface area contributed by atoms with Crippen molar-refractivity contribution >= 4 is 0 Å². The zero-order chi connectivity index (χ0) is 15.5. The number of aromatic amines is 1. The molecule has 0 saturated heterocycles. The van der Waals surface area contributed by atoms with Crippen LogP contribution in [0, 0.1) is 0 Å². The fourth-order valence-electron chi connectivity index (χ4n) is 2.31. The summed E-state index contributed by atoms with van der Waals surface area (Å²) in [6.45, 7) is 0. The Bertz CT molecular complexity index is 916. The minimum absolute atomic E-state index is 0.628. The lowest BCUT2D eigenvalue weighted by Gasteiger charge is -2.01. The first-order valence-corrected chi connectivity index (χ1v) is 7.27. The second-order valence-corrected chi connectivity index (χ2v) is 5.01. The molecule has 0 aliphatic heterocycles. The predicted molar refractivity (Wildman–Crippen MR) is 88.3 cm³/mol. The number of nitrogens with one attached hydrogen (secondary N) is 1. The number of benzene rings is 2. The van der Waals surface area contributed by atoms with Crippen molar-refractivity contribution in [1.29, 1.82) is 0 Å². The molecule has 0 aliphatic carbocycles. The third-order valence-electron chi connectivity index (χ3n) is 3.45. The number of nitrogens with zero attached hydrogens (tertiary/aromatic N) is 4. The van der Waals surface area contributed by atoms with Gasteiger partial charge < -0.3 is 0 Å². The van der Waals surface area contributed by atoms with E-state index in [2.05, 4.69) is 25.1 Å². The van der Waals surface area contributed by atoms with Crippen LogP contribution in [0.2, 0.25) is 0 Å². The Kier molecular flexibility index (Phi) is 3.37. The summed E-state index contributed by atoms with van der Waals surface area (Å²) in [7, 11) is 0. The molecule has 0 radical (unpaired) electrons. The van der Waals surface area contributed by atoms with Crippen LogP contribution in [0.3, 0.4) is 0 Å². The van der Waals surface area contributed by atoms with Crippen LogP contribution in [0.15, 0.2) is 72.9 Å². The van der Waals surface area contributed by atoms with E-state index in [0.717, 1.165) is 11.1 Å². The predicted octanol–water partition coefficient (Wildman–Crippen LogP) is 3.60. The first-order chi connectivity index (χ1) is 11.4. The smallest absolute Gasteiger partial charge is 0.181 e. The summed E-state index contributed by atoms with van der Waals surface area (Å²) < 4.78 is 0. The van der Waals surface area contributed by atoms with Gasteiger partial charge in [0, 0.05) is 17.3 Å². The number of H-pyrrole nitrogens is 1. The Hall–Kier alpha value is -3.34. The topological polar surface area (TPSA) is 67.3 Å². The molecule has 0 spiro atoms. The highest BCUT2D eigenvalue weighted by Crippen LogP contribution is 2.20. The van der Waals surface area contributed by atoms with Gasteiger partial charge in [-0.05, 0) is 6.07 Å². The summed E-state index contributed by atoms with van der Waals surface area (Å²) in [5.41, 5.74) is 2.65. The van der Waals surface area contributed by atoms with Crippen molar-refractivity contribution in [3.63, 3.8) is 0 Å². The Labute approximate surface area is 133 Å². The molecule has 0 atom stereocenters. The maximum Gasteiger partial charge on any atom is 0.181 e. The first kappa shape index (κ1) is 13.3. The van der Waals surface area contributed by atoms with Gasteiger partial charge in [0.25, 0.3) is 0 Å². The van der Waals surface area contributed by atoms with Crippen molar-refractivity contribution in [3.05, 3.63) is 72.9 Å². The summed E-state index contributed by atoms with van der Waals surface area (Å²) >= 11 is 0. The SMILES string of the molecule is c1ccc(-c2nccc(-c3nc(-c4ccccc4)n[nH]3)n2)cc1. The largest absolute Gasteiger partial charge is 0.257 e. The lowest BCUT2D eigenvalue weighted by atomic mass is 10.2. The summed E-state index contributed by atoms with van der Waals surface area (Å²) in [6.07, 6.45) is 1.73. The average Bonchev–Trinajstić information content (AvgIpc) is 3.14. The molecule has 0 saturated carbocycles. The van der Waals surface area contributed by atoms with Gasteiger partial charge in [-0.25, -0.2) is 15.0 Å². The van der Waals surface area contributed by atoms with Gasteiger partial charge in [-0.15, -0.1) is 0 Å². The van der Waals surface area contributed by atoms with Crippen LogP contribution in [-0.4, -0.2) is 25.1 Å². The number of hydrogen-bond donors (Lipinski definition) is 1. The quantitative estimate of drug-likeness (QED) is 0.627. The van der Waals surface area contributed by atoms with Gasteiger partial charge in [0.05, 0.1) is 0 Å². The molecule has 2 aromatic carbocycles. The van der Waals surface area contributed by atoms with Gasteiger partial charge in [-0.1, -0.05) is 60.7 Å². The van der Waals surface area contributed by atoms with Crippen LogP contribution in [0.25, 0.3) is 34.3 Å². The van der Waals surface area contributed by atoms with Crippen LogP contribution in [0.4, 0.5) is 0 Å². The molecule has 0 amide bonds. The van der Waals surface area contributed by atoms with E-state index in [1.807, 2.05) is 66.7 Å². The van der Waals surface area contributed by atoms with Crippen LogP contribution in [-0.2, 0) is 0 Å². The van der Waals surface area contributed by atoms with Crippen molar-refractivity contribution in [2.75, 3.05) is 0 Å². The summed E-state index contributed by atoms with van der Waals surface area (Å²) in [5, 5.41) is 7.22. The van der Waals surface area contributed by atoms with Crippen molar-refractivity contribution in [2.24, 2.45) is 0 Å². The van der Waals surface area contributed by atoms with Gasteiger partial charge in [0.2, 0.25) is 0 Å². The molecule has 1 N–H and O–H groups in total. The van der Waals surface area contributed by atoms with Crippen molar-refractivity contribution in [2.45, 2.75) is 0 Å². The van der Waals surface area contributed by atoms with Gasteiger partial charge >= 0.3 is 0 Å². The molecule has 5 nitrogen and oxygen atoms in total. The minimum atomic E-state index is 0.628. The van der Waals surface area contributed by atoms with E-state index in [4.69, 9.17) is 0 Å². The highest BCUT2D eigenvalue weighted by molar-refractivity contribution is 5.61. The highest BCUT2D eigenvalue weighted by Gasteiger charge is 2.10. The molecule has 0 fully saturated rings. The standard InChI is InChI=1S/C18H13N5/c1-3-7-13(8-4-1)16-19-12-11-15(20-16)18-21-17(22-23-18)14-9-5-2-6-10-14/h1-12H,(H,21,22,23). The molecule has 0 aliphatic rings. The van der Waals surface area contributed by atoms with E-state index in [0.29, 0.717) is 23.2 Å². The number of aromatic nitrogens is 5. The number of rotatable bonds is 3. The summed E-state index contributed by atoms with van der Waals surface area (Å²) in [6, 6.07) is 21.5. The zero-order valence-corrected chi connectivity index (χ0v) is 12.2. The van der Waals surface area contributed by atoms with Gasteiger partial charge in [-0.2, -0.15) is 5.10 Å². The minimum Gasteiger partial charge on any atom is -0.257 e. The fraction of sp³-hybridized carbons (Fsp3) is 0. The molecule has 2 aromatic heterocycles. The highest BCUT2D eigenvalue weighted by atomic mass is 15.2. The maximum atomic E-state index is 4.58.